The van der Waals surface area contributed by atoms with Gasteiger partial charge in [-0.25, -0.2) is 0 Å². The lowest BCUT2D eigenvalue weighted by Crippen LogP contribution is -1.88. The van der Waals surface area contributed by atoms with Crippen LogP contribution in [-0.2, 0) is 0 Å². The minimum Gasteiger partial charge on any atom is -0.258 e. The third-order valence-electron chi connectivity index (χ3n) is 1.31. The topological polar surface area (TPSA) is 25.8 Å². The van der Waals surface area contributed by atoms with Gasteiger partial charge in [0.1, 0.15) is 0 Å². The molecule has 0 aliphatic heterocycles. The average Bonchev–Trinajstić information content (AvgIpc) is 2.03. The van der Waals surface area contributed by atoms with Crippen molar-refractivity contribution in [2.24, 2.45) is 0 Å². The summed E-state index contributed by atoms with van der Waals surface area (Å²) >= 11 is 0. The van der Waals surface area contributed by atoms with Crippen molar-refractivity contribution in [1.82, 2.24) is 9.97 Å². The highest BCUT2D eigenvalue weighted by Gasteiger charge is 1.91. The normalized spacial score (nSPS) is 10.3. The van der Waals surface area contributed by atoms with Crippen molar-refractivity contribution < 1.29 is 0 Å². The second-order valence-corrected chi connectivity index (χ2v) is 2.12. The largest absolute Gasteiger partial charge is 0.258 e. The molecule has 1 aromatic rings. The van der Waals surface area contributed by atoms with Crippen LogP contribution in [0.4, 0.5) is 0 Å². The van der Waals surface area contributed by atoms with Crippen LogP contribution in [0, 0.1) is 6.92 Å². The first-order valence-corrected chi connectivity index (χ1v) is 3.41. The first-order chi connectivity index (χ1) is 5.34. The second kappa shape index (κ2) is 3.66. The van der Waals surface area contributed by atoms with Crippen LogP contribution in [0.3, 0.4) is 0 Å². The van der Waals surface area contributed by atoms with Crippen LogP contribution < -0.4 is 0 Å². The molecule has 0 atom stereocenters. The first kappa shape index (κ1) is 7.66. The number of nitrogens with zero attached hydrogens (tertiary/aromatic N) is 2. The van der Waals surface area contributed by atoms with Crippen LogP contribution in [0.2, 0.25) is 0 Å². The lowest BCUT2D eigenvalue weighted by Gasteiger charge is -1.94. The molecule has 1 rings (SSSR count). The van der Waals surface area contributed by atoms with Gasteiger partial charge in [0.05, 0.1) is 11.4 Å². The van der Waals surface area contributed by atoms with Crippen molar-refractivity contribution in [1.29, 1.82) is 0 Å². The molecule has 0 spiro atoms. The van der Waals surface area contributed by atoms with Gasteiger partial charge in [-0.15, -0.1) is 0 Å². The van der Waals surface area contributed by atoms with Crippen molar-refractivity contribution in [3.8, 4) is 0 Å². The van der Waals surface area contributed by atoms with Gasteiger partial charge >= 0.3 is 0 Å². The van der Waals surface area contributed by atoms with E-state index in [0.29, 0.717) is 0 Å². The maximum Gasteiger partial charge on any atom is 0.0842 e. The number of hydrogen-bond donors (Lipinski definition) is 0. The SMILES string of the molecule is C=C/C=C\c1nccnc1C. The molecule has 1 aromatic heterocycles. The molecule has 0 aliphatic carbocycles. The van der Waals surface area contributed by atoms with Crippen molar-refractivity contribution in [3.63, 3.8) is 0 Å². The Morgan fingerprint density at radius 2 is 2.09 bits per heavy atom. The predicted molar refractivity (Wildman–Crippen MR) is 46.0 cm³/mol. The first-order valence-electron chi connectivity index (χ1n) is 3.41. The maximum absolute atomic E-state index is 4.12. The Morgan fingerprint density at radius 1 is 1.36 bits per heavy atom. The Bertz CT molecular complexity index is 277. The van der Waals surface area contributed by atoms with Crippen molar-refractivity contribution in [2.45, 2.75) is 6.92 Å². The molecule has 2 heteroatoms. The predicted octanol–water partition coefficient (Wildman–Crippen LogP) is 1.98. The lowest BCUT2D eigenvalue weighted by molar-refractivity contribution is 1.10. The van der Waals surface area contributed by atoms with E-state index < -0.39 is 0 Å². The zero-order chi connectivity index (χ0) is 8.10. The summed E-state index contributed by atoms with van der Waals surface area (Å²) in [5.41, 5.74) is 1.83. The molecule has 0 amide bonds. The monoisotopic (exact) mass is 146 g/mol. The highest BCUT2D eigenvalue weighted by atomic mass is 14.8. The van der Waals surface area contributed by atoms with Gasteiger partial charge in [0.25, 0.3) is 0 Å². The summed E-state index contributed by atoms with van der Waals surface area (Å²) in [5, 5.41) is 0. The summed E-state index contributed by atoms with van der Waals surface area (Å²) in [6.07, 6.45) is 8.80. The molecule has 56 valence electrons. The Balaban J connectivity index is 2.94. The van der Waals surface area contributed by atoms with Crippen LogP contribution in [0.25, 0.3) is 6.08 Å². The second-order valence-electron chi connectivity index (χ2n) is 2.12. The van der Waals surface area contributed by atoms with Gasteiger partial charge in [0, 0.05) is 12.4 Å². The van der Waals surface area contributed by atoms with Gasteiger partial charge in [0.15, 0.2) is 0 Å². The van der Waals surface area contributed by atoms with E-state index in [0.717, 1.165) is 11.4 Å². The standard InChI is InChI=1S/C9H10N2/c1-3-4-5-9-8(2)10-6-7-11-9/h3-7H,1H2,2H3/b5-4-. The molecule has 0 aromatic carbocycles. The van der Waals surface area contributed by atoms with E-state index in [9.17, 15) is 0 Å². The number of allylic oxidation sites excluding steroid dienone is 2. The highest BCUT2D eigenvalue weighted by Crippen LogP contribution is 2.00. The summed E-state index contributed by atoms with van der Waals surface area (Å²) in [6.45, 7) is 5.50. The summed E-state index contributed by atoms with van der Waals surface area (Å²) in [4.78, 5) is 8.20. The quantitative estimate of drug-likeness (QED) is 0.596. The minimum absolute atomic E-state index is 0.896. The van der Waals surface area contributed by atoms with Crippen LogP contribution >= 0.6 is 0 Å². The molecule has 0 bridgehead atoms. The molecule has 0 fully saturated rings. The average molecular weight is 146 g/mol. The third-order valence-corrected chi connectivity index (χ3v) is 1.31. The van der Waals surface area contributed by atoms with Gasteiger partial charge in [-0.05, 0) is 13.0 Å². The smallest absolute Gasteiger partial charge is 0.0842 e. The Labute approximate surface area is 66.3 Å². The van der Waals surface area contributed by atoms with Crippen LogP contribution in [-0.4, -0.2) is 9.97 Å². The van der Waals surface area contributed by atoms with Crippen LogP contribution in [0.15, 0.2) is 31.1 Å². The fraction of sp³-hybridized carbons (Fsp3) is 0.111. The van der Waals surface area contributed by atoms with Gasteiger partial charge < -0.3 is 0 Å². The fourth-order valence-electron chi connectivity index (χ4n) is 0.741. The number of aromatic nitrogens is 2. The highest BCUT2D eigenvalue weighted by molar-refractivity contribution is 5.48. The van der Waals surface area contributed by atoms with E-state index >= 15 is 0 Å². The Kier molecular flexibility index (Phi) is 2.55. The number of rotatable bonds is 2. The molecule has 0 saturated heterocycles. The van der Waals surface area contributed by atoms with Crippen molar-refractivity contribution >= 4 is 6.08 Å². The molecule has 1 heterocycles. The lowest BCUT2D eigenvalue weighted by atomic mass is 10.3. The van der Waals surface area contributed by atoms with E-state index in [1.807, 2.05) is 19.1 Å². The van der Waals surface area contributed by atoms with Gasteiger partial charge in [-0.2, -0.15) is 0 Å². The van der Waals surface area contributed by atoms with E-state index in [4.69, 9.17) is 0 Å². The molecule has 0 radical (unpaired) electrons. The van der Waals surface area contributed by atoms with Crippen LogP contribution in [0.5, 0.6) is 0 Å². The number of aryl methyl sites for hydroxylation is 1. The third kappa shape index (κ3) is 2.00. The Hall–Kier alpha value is -1.44. The van der Waals surface area contributed by atoms with E-state index in [1.165, 1.54) is 0 Å². The summed E-state index contributed by atoms with van der Waals surface area (Å²) < 4.78 is 0. The molecule has 2 nitrogen and oxygen atoms in total. The fourth-order valence-corrected chi connectivity index (χ4v) is 0.741. The molecular formula is C9H10N2. The van der Waals surface area contributed by atoms with E-state index in [2.05, 4.69) is 16.5 Å². The molecule has 0 saturated carbocycles. The van der Waals surface area contributed by atoms with Crippen molar-refractivity contribution in [2.75, 3.05) is 0 Å². The number of hydrogen-bond acceptors (Lipinski definition) is 2. The summed E-state index contributed by atoms with van der Waals surface area (Å²) in [6, 6.07) is 0. The molecular weight excluding hydrogens is 136 g/mol. The molecule has 11 heavy (non-hydrogen) atoms. The Morgan fingerprint density at radius 3 is 2.73 bits per heavy atom. The van der Waals surface area contributed by atoms with E-state index in [-0.39, 0.29) is 0 Å². The molecule has 0 unspecified atom stereocenters. The molecule has 0 N–H and O–H groups in total. The molecule has 0 aliphatic rings. The van der Waals surface area contributed by atoms with E-state index in [1.54, 1.807) is 18.5 Å². The summed E-state index contributed by atoms with van der Waals surface area (Å²) in [7, 11) is 0. The zero-order valence-corrected chi connectivity index (χ0v) is 6.49. The zero-order valence-electron chi connectivity index (χ0n) is 6.49. The minimum atomic E-state index is 0.896. The van der Waals surface area contributed by atoms with Crippen LogP contribution in [0.1, 0.15) is 11.4 Å². The van der Waals surface area contributed by atoms with Crippen molar-refractivity contribution in [3.05, 3.63) is 42.5 Å². The van der Waals surface area contributed by atoms with Gasteiger partial charge in [-0.3, -0.25) is 9.97 Å². The maximum atomic E-state index is 4.12. The van der Waals surface area contributed by atoms with Gasteiger partial charge in [0.2, 0.25) is 0 Å². The summed E-state index contributed by atoms with van der Waals surface area (Å²) in [5.74, 6) is 0. The van der Waals surface area contributed by atoms with Gasteiger partial charge in [-0.1, -0.05) is 18.7 Å².